The summed E-state index contributed by atoms with van der Waals surface area (Å²) in [6, 6.07) is 0. The molecule has 0 saturated carbocycles. The van der Waals surface area contributed by atoms with Crippen LogP contribution in [0.15, 0.2) is 11.6 Å². The van der Waals surface area contributed by atoms with Crippen LogP contribution in [0.2, 0.25) is 0 Å². The van der Waals surface area contributed by atoms with Gasteiger partial charge in [0.05, 0.1) is 5.92 Å². The van der Waals surface area contributed by atoms with Gasteiger partial charge in [-0.3, -0.25) is 9.59 Å². The van der Waals surface area contributed by atoms with Gasteiger partial charge in [-0.25, -0.2) is 0 Å². The molecule has 0 fully saturated rings. The Morgan fingerprint density at radius 2 is 2.07 bits per heavy atom. The summed E-state index contributed by atoms with van der Waals surface area (Å²) < 4.78 is 5.13. The smallest absolute Gasteiger partial charge is 0.302 e. The SMILES string of the molecule is CC(=O)O[C@@H]1CC(C)=CC[C@H]1C(C)=O. The Labute approximate surface area is 84.1 Å². The average molecular weight is 196 g/mol. The van der Waals surface area contributed by atoms with Crippen molar-refractivity contribution in [3.05, 3.63) is 11.6 Å². The van der Waals surface area contributed by atoms with Crippen molar-refractivity contribution in [3.63, 3.8) is 0 Å². The average Bonchev–Trinajstić information content (AvgIpc) is 2.01. The van der Waals surface area contributed by atoms with Crippen molar-refractivity contribution in [2.45, 2.75) is 39.7 Å². The monoisotopic (exact) mass is 196 g/mol. The molecule has 0 saturated heterocycles. The molecular weight excluding hydrogens is 180 g/mol. The van der Waals surface area contributed by atoms with E-state index in [0.717, 1.165) is 0 Å². The molecule has 3 heteroatoms. The molecule has 0 bridgehead atoms. The molecule has 0 aromatic rings. The minimum Gasteiger partial charge on any atom is -0.461 e. The number of carbonyl (C=O) groups is 2. The number of hydrogen-bond donors (Lipinski definition) is 0. The Hall–Kier alpha value is -1.12. The zero-order valence-corrected chi connectivity index (χ0v) is 8.87. The fourth-order valence-electron chi connectivity index (χ4n) is 1.79. The van der Waals surface area contributed by atoms with Crippen molar-refractivity contribution < 1.29 is 14.3 Å². The molecule has 0 spiro atoms. The molecule has 0 aromatic carbocycles. The molecule has 1 rings (SSSR count). The third kappa shape index (κ3) is 2.69. The molecule has 0 heterocycles. The lowest BCUT2D eigenvalue weighted by atomic mass is 9.85. The van der Waals surface area contributed by atoms with Crippen molar-refractivity contribution in [3.8, 4) is 0 Å². The highest BCUT2D eigenvalue weighted by Crippen LogP contribution is 2.27. The summed E-state index contributed by atoms with van der Waals surface area (Å²) in [6.07, 6.45) is 3.17. The quantitative estimate of drug-likeness (QED) is 0.500. The van der Waals surface area contributed by atoms with Gasteiger partial charge in [0.2, 0.25) is 0 Å². The van der Waals surface area contributed by atoms with E-state index in [0.29, 0.717) is 12.8 Å². The maximum absolute atomic E-state index is 11.3. The summed E-state index contributed by atoms with van der Waals surface area (Å²) in [5, 5.41) is 0. The summed E-state index contributed by atoms with van der Waals surface area (Å²) in [6.45, 7) is 4.92. The Balaban J connectivity index is 2.72. The summed E-state index contributed by atoms with van der Waals surface area (Å²) in [5.74, 6) is -0.362. The first-order chi connectivity index (χ1) is 6.50. The molecule has 14 heavy (non-hydrogen) atoms. The summed E-state index contributed by atoms with van der Waals surface area (Å²) in [4.78, 5) is 22.1. The van der Waals surface area contributed by atoms with Crippen LogP contribution in [0.1, 0.15) is 33.6 Å². The van der Waals surface area contributed by atoms with Crippen LogP contribution in [-0.2, 0) is 14.3 Å². The zero-order valence-electron chi connectivity index (χ0n) is 8.87. The van der Waals surface area contributed by atoms with Crippen molar-refractivity contribution in [1.29, 1.82) is 0 Å². The lowest BCUT2D eigenvalue weighted by molar-refractivity contribution is -0.151. The van der Waals surface area contributed by atoms with Crippen LogP contribution in [0.5, 0.6) is 0 Å². The normalized spacial score (nSPS) is 26.6. The second kappa shape index (κ2) is 4.40. The van der Waals surface area contributed by atoms with Crippen molar-refractivity contribution in [2.24, 2.45) is 5.92 Å². The first kappa shape index (κ1) is 11.0. The maximum atomic E-state index is 11.3. The lowest BCUT2D eigenvalue weighted by Gasteiger charge is -2.28. The molecule has 0 N–H and O–H groups in total. The molecule has 0 aliphatic heterocycles. The van der Waals surface area contributed by atoms with E-state index in [1.807, 2.05) is 13.0 Å². The van der Waals surface area contributed by atoms with Crippen LogP contribution in [0.4, 0.5) is 0 Å². The van der Waals surface area contributed by atoms with Crippen molar-refractivity contribution in [2.75, 3.05) is 0 Å². The minimum atomic E-state index is -0.309. The third-order valence-electron chi connectivity index (χ3n) is 2.53. The summed E-state index contributed by atoms with van der Waals surface area (Å²) in [5.41, 5.74) is 1.19. The van der Waals surface area contributed by atoms with Crippen LogP contribution in [-0.4, -0.2) is 17.9 Å². The number of Topliss-reactive ketones (excluding diaryl/α,β-unsaturated/α-hetero) is 1. The number of ether oxygens (including phenoxy) is 1. The highest BCUT2D eigenvalue weighted by Gasteiger charge is 2.30. The van der Waals surface area contributed by atoms with E-state index in [1.54, 1.807) is 6.92 Å². The van der Waals surface area contributed by atoms with E-state index in [4.69, 9.17) is 4.74 Å². The van der Waals surface area contributed by atoms with Crippen molar-refractivity contribution >= 4 is 11.8 Å². The lowest BCUT2D eigenvalue weighted by Crippen LogP contribution is -2.33. The van der Waals surface area contributed by atoms with Gasteiger partial charge in [0, 0.05) is 13.3 Å². The van der Waals surface area contributed by atoms with Gasteiger partial charge in [-0.05, 0) is 20.3 Å². The molecule has 0 amide bonds. The summed E-state index contributed by atoms with van der Waals surface area (Å²) >= 11 is 0. The second-order valence-corrected chi connectivity index (χ2v) is 3.86. The number of esters is 1. The molecule has 1 aliphatic carbocycles. The molecule has 2 atom stereocenters. The van der Waals surface area contributed by atoms with E-state index < -0.39 is 0 Å². The highest BCUT2D eigenvalue weighted by atomic mass is 16.5. The molecule has 0 aromatic heterocycles. The first-order valence-corrected chi connectivity index (χ1v) is 4.84. The Bertz CT molecular complexity index is 278. The number of allylic oxidation sites excluding steroid dienone is 1. The van der Waals surface area contributed by atoms with Crippen LogP contribution in [0.25, 0.3) is 0 Å². The van der Waals surface area contributed by atoms with E-state index in [9.17, 15) is 9.59 Å². The Morgan fingerprint density at radius 1 is 1.43 bits per heavy atom. The van der Waals surface area contributed by atoms with Crippen LogP contribution < -0.4 is 0 Å². The van der Waals surface area contributed by atoms with Gasteiger partial charge in [-0.2, -0.15) is 0 Å². The Morgan fingerprint density at radius 3 is 2.57 bits per heavy atom. The van der Waals surface area contributed by atoms with E-state index in [2.05, 4.69) is 0 Å². The predicted octanol–water partition coefficient (Wildman–Crippen LogP) is 1.86. The van der Waals surface area contributed by atoms with Gasteiger partial charge in [0.15, 0.2) is 0 Å². The molecular formula is C11H16O3. The van der Waals surface area contributed by atoms with E-state index >= 15 is 0 Å². The van der Waals surface area contributed by atoms with Gasteiger partial charge in [0.1, 0.15) is 11.9 Å². The number of ketones is 1. The molecule has 1 aliphatic rings. The van der Waals surface area contributed by atoms with Gasteiger partial charge in [0.25, 0.3) is 0 Å². The molecule has 78 valence electrons. The van der Waals surface area contributed by atoms with Crippen LogP contribution in [0, 0.1) is 5.92 Å². The van der Waals surface area contributed by atoms with Crippen molar-refractivity contribution in [1.82, 2.24) is 0 Å². The maximum Gasteiger partial charge on any atom is 0.302 e. The fourth-order valence-corrected chi connectivity index (χ4v) is 1.79. The second-order valence-electron chi connectivity index (χ2n) is 3.86. The topological polar surface area (TPSA) is 43.4 Å². The van der Waals surface area contributed by atoms with Crippen LogP contribution in [0.3, 0.4) is 0 Å². The third-order valence-corrected chi connectivity index (χ3v) is 2.53. The largest absolute Gasteiger partial charge is 0.461 e. The van der Waals surface area contributed by atoms with E-state index in [1.165, 1.54) is 12.5 Å². The van der Waals surface area contributed by atoms with Gasteiger partial charge in [-0.15, -0.1) is 0 Å². The van der Waals surface area contributed by atoms with Crippen LogP contribution >= 0.6 is 0 Å². The molecule has 0 unspecified atom stereocenters. The minimum absolute atomic E-state index is 0.0972. The van der Waals surface area contributed by atoms with Gasteiger partial charge >= 0.3 is 5.97 Å². The predicted molar refractivity (Wildman–Crippen MR) is 52.7 cm³/mol. The molecule has 0 radical (unpaired) electrons. The zero-order chi connectivity index (χ0) is 10.7. The van der Waals surface area contributed by atoms with Gasteiger partial charge < -0.3 is 4.74 Å². The number of rotatable bonds is 2. The standard InChI is InChI=1S/C11H16O3/c1-7-4-5-10(8(2)12)11(6-7)14-9(3)13/h4,10-11H,5-6H2,1-3H3/t10-,11+/m0/s1. The van der Waals surface area contributed by atoms with E-state index in [-0.39, 0.29) is 23.8 Å². The van der Waals surface area contributed by atoms with Gasteiger partial charge in [-0.1, -0.05) is 11.6 Å². The summed E-state index contributed by atoms with van der Waals surface area (Å²) in [7, 11) is 0. The molecule has 3 nitrogen and oxygen atoms in total. The number of carbonyl (C=O) groups excluding carboxylic acids is 2. The first-order valence-electron chi connectivity index (χ1n) is 4.84. The highest BCUT2D eigenvalue weighted by molar-refractivity contribution is 5.80. The fraction of sp³-hybridized carbons (Fsp3) is 0.636. The Kier molecular flexibility index (Phi) is 3.44. The number of hydrogen-bond acceptors (Lipinski definition) is 3.